The maximum atomic E-state index is 12.5. The molecule has 0 bridgehead atoms. The number of aromatic amines is 1. The second-order valence-corrected chi connectivity index (χ2v) is 8.13. The zero-order valence-electron chi connectivity index (χ0n) is 15.0. The normalized spacial score (nSPS) is 10.7. The van der Waals surface area contributed by atoms with Gasteiger partial charge in [0.25, 0.3) is 17.4 Å². The van der Waals surface area contributed by atoms with Gasteiger partial charge in [0.2, 0.25) is 0 Å². The molecule has 0 aliphatic heterocycles. The number of amides is 2. The fourth-order valence-corrected chi connectivity index (χ4v) is 4.25. The fraction of sp³-hybridized carbons (Fsp3) is 0. The molecular formula is C20H12Cl2N4O3S. The number of benzene rings is 2. The van der Waals surface area contributed by atoms with E-state index in [1.807, 2.05) is 0 Å². The van der Waals surface area contributed by atoms with Crippen molar-refractivity contribution in [2.75, 3.05) is 0 Å². The molecule has 0 aliphatic carbocycles. The third kappa shape index (κ3) is 4.06. The molecular weight excluding hydrogens is 447 g/mol. The van der Waals surface area contributed by atoms with Gasteiger partial charge in [-0.2, -0.15) is 5.10 Å². The van der Waals surface area contributed by atoms with Crippen LogP contribution in [0.1, 0.15) is 20.2 Å². The predicted molar refractivity (Wildman–Crippen MR) is 117 cm³/mol. The number of halogens is 2. The predicted octanol–water partition coefficient (Wildman–Crippen LogP) is 4.03. The van der Waals surface area contributed by atoms with E-state index in [4.69, 9.17) is 23.2 Å². The zero-order valence-corrected chi connectivity index (χ0v) is 17.4. The summed E-state index contributed by atoms with van der Waals surface area (Å²) in [5.41, 5.74) is 5.04. The molecule has 0 saturated heterocycles. The summed E-state index contributed by atoms with van der Waals surface area (Å²) in [4.78, 5) is 37.9. The lowest BCUT2D eigenvalue weighted by molar-refractivity contribution is 0.0846. The molecule has 0 aliphatic rings. The standard InChI is InChI=1S/C20H12Cl2N4O3S/c21-11-7-10(8-12(22)9-11)15-5-6-16(30-15)19(28)25-26-20(29)17-13-3-1-2-4-14(13)18(27)24-23-17/h1-9H,(H,24,27)(H,25,28)(H,26,29). The average molecular weight is 459 g/mol. The lowest BCUT2D eigenvalue weighted by Crippen LogP contribution is -2.42. The highest BCUT2D eigenvalue weighted by molar-refractivity contribution is 7.17. The molecule has 0 unspecified atom stereocenters. The number of nitrogens with zero attached hydrogens (tertiary/aromatic N) is 1. The van der Waals surface area contributed by atoms with Crippen molar-refractivity contribution in [3.05, 3.63) is 85.6 Å². The van der Waals surface area contributed by atoms with Gasteiger partial charge in [0.05, 0.1) is 10.3 Å². The SMILES string of the molecule is O=C(NNC(=O)c1n[nH]c(=O)c2ccccc12)c1ccc(-c2cc(Cl)cc(Cl)c2)s1. The Balaban J connectivity index is 1.49. The van der Waals surface area contributed by atoms with Gasteiger partial charge >= 0.3 is 0 Å². The van der Waals surface area contributed by atoms with E-state index >= 15 is 0 Å². The third-order valence-electron chi connectivity index (χ3n) is 4.18. The van der Waals surface area contributed by atoms with Crippen LogP contribution in [0.15, 0.2) is 59.4 Å². The number of carbonyl (C=O) groups is 2. The number of thiophene rings is 1. The monoisotopic (exact) mass is 458 g/mol. The summed E-state index contributed by atoms with van der Waals surface area (Å²) in [5, 5.41) is 7.76. The number of hydrogen-bond donors (Lipinski definition) is 3. The minimum Gasteiger partial charge on any atom is -0.267 e. The van der Waals surface area contributed by atoms with Gasteiger partial charge in [-0.3, -0.25) is 25.2 Å². The first-order valence-corrected chi connectivity index (χ1v) is 10.1. The molecule has 150 valence electrons. The van der Waals surface area contributed by atoms with Crippen LogP contribution in [0.25, 0.3) is 21.2 Å². The lowest BCUT2D eigenvalue weighted by Gasteiger charge is -2.07. The maximum Gasteiger partial charge on any atom is 0.290 e. The maximum absolute atomic E-state index is 12.5. The van der Waals surface area contributed by atoms with Crippen molar-refractivity contribution in [3.8, 4) is 10.4 Å². The van der Waals surface area contributed by atoms with Crippen LogP contribution >= 0.6 is 34.5 Å². The van der Waals surface area contributed by atoms with Gasteiger partial charge in [-0.25, -0.2) is 5.10 Å². The molecule has 2 amide bonds. The molecule has 7 nitrogen and oxygen atoms in total. The highest BCUT2D eigenvalue weighted by Crippen LogP contribution is 2.32. The molecule has 0 spiro atoms. The summed E-state index contributed by atoms with van der Waals surface area (Å²) in [6, 6.07) is 15.1. The van der Waals surface area contributed by atoms with Crippen molar-refractivity contribution in [1.82, 2.24) is 21.0 Å². The quantitative estimate of drug-likeness (QED) is 0.403. The molecule has 0 saturated carbocycles. The first kappa shape index (κ1) is 20.1. The number of hydrazine groups is 1. The summed E-state index contributed by atoms with van der Waals surface area (Å²) >= 11 is 13.3. The largest absolute Gasteiger partial charge is 0.290 e. The third-order valence-corrected chi connectivity index (χ3v) is 5.75. The Morgan fingerprint density at radius 3 is 2.30 bits per heavy atom. The first-order valence-electron chi connectivity index (χ1n) is 8.57. The van der Waals surface area contributed by atoms with Crippen LogP contribution in [-0.2, 0) is 0 Å². The summed E-state index contributed by atoms with van der Waals surface area (Å²) in [7, 11) is 0. The second-order valence-electron chi connectivity index (χ2n) is 6.18. The van der Waals surface area contributed by atoms with E-state index in [-0.39, 0.29) is 5.69 Å². The van der Waals surface area contributed by atoms with Crippen LogP contribution < -0.4 is 16.4 Å². The van der Waals surface area contributed by atoms with E-state index in [1.165, 1.54) is 11.3 Å². The topological polar surface area (TPSA) is 104 Å². The second kappa shape index (κ2) is 8.27. The number of aromatic nitrogens is 2. The van der Waals surface area contributed by atoms with Crippen LogP contribution in [0.3, 0.4) is 0 Å². The molecule has 0 atom stereocenters. The molecule has 3 N–H and O–H groups in total. The highest BCUT2D eigenvalue weighted by atomic mass is 35.5. The Morgan fingerprint density at radius 2 is 1.57 bits per heavy atom. The highest BCUT2D eigenvalue weighted by Gasteiger charge is 2.16. The number of hydrogen-bond acceptors (Lipinski definition) is 5. The van der Waals surface area contributed by atoms with Crippen molar-refractivity contribution in [3.63, 3.8) is 0 Å². The van der Waals surface area contributed by atoms with E-state index < -0.39 is 17.4 Å². The zero-order chi connectivity index (χ0) is 21.3. The van der Waals surface area contributed by atoms with Crippen molar-refractivity contribution in [1.29, 1.82) is 0 Å². The van der Waals surface area contributed by atoms with Crippen LogP contribution in [-0.4, -0.2) is 22.0 Å². The molecule has 10 heteroatoms. The van der Waals surface area contributed by atoms with E-state index in [9.17, 15) is 14.4 Å². The smallest absolute Gasteiger partial charge is 0.267 e. The summed E-state index contributed by atoms with van der Waals surface area (Å²) in [6.45, 7) is 0. The minimum atomic E-state index is -0.658. The fourth-order valence-electron chi connectivity index (χ4n) is 2.83. The van der Waals surface area contributed by atoms with Crippen molar-refractivity contribution in [2.24, 2.45) is 0 Å². The van der Waals surface area contributed by atoms with Gasteiger partial charge in [-0.15, -0.1) is 11.3 Å². The van der Waals surface area contributed by atoms with E-state index in [0.717, 1.165) is 10.4 Å². The number of fused-ring (bicyclic) bond motifs is 1. The van der Waals surface area contributed by atoms with Crippen molar-refractivity contribution < 1.29 is 9.59 Å². The van der Waals surface area contributed by atoms with E-state index in [0.29, 0.717) is 25.7 Å². The van der Waals surface area contributed by atoms with E-state index in [1.54, 1.807) is 54.6 Å². The Morgan fingerprint density at radius 1 is 0.900 bits per heavy atom. The van der Waals surface area contributed by atoms with Gasteiger partial charge in [-0.05, 0) is 42.0 Å². The molecule has 30 heavy (non-hydrogen) atoms. The molecule has 2 heterocycles. The summed E-state index contributed by atoms with van der Waals surface area (Å²) in [5.74, 6) is -1.16. The lowest BCUT2D eigenvalue weighted by atomic mass is 10.1. The van der Waals surface area contributed by atoms with Gasteiger partial charge in [-0.1, -0.05) is 41.4 Å². The molecule has 4 aromatic rings. The number of H-pyrrole nitrogens is 1. The van der Waals surface area contributed by atoms with Crippen molar-refractivity contribution in [2.45, 2.75) is 0 Å². The van der Waals surface area contributed by atoms with Crippen LogP contribution in [0.5, 0.6) is 0 Å². The van der Waals surface area contributed by atoms with Crippen LogP contribution in [0, 0.1) is 0 Å². The summed E-state index contributed by atoms with van der Waals surface area (Å²) < 4.78 is 0. The van der Waals surface area contributed by atoms with E-state index in [2.05, 4.69) is 21.0 Å². The average Bonchev–Trinajstić information content (AvgIpc) is 3.22. The first-order chi connectivity index (χ1) is 14.4. The molecule has 0 fully saturated rings. The number of rotatable bonds is 3. The Bertz CT molecular complexity index is 1330. The van der Waals surface area contributed by atoms with Gasteiger partial charge in [0.15, 0.2) is 5.69 Å². The molecule has 2 aromatic heterocycles. The Hall–Kier alpha value is -3.20. The van der Waals surface area contributed by atoms with Gasteiger partial charge in [0, 0.05) is 20.3 Å². The van der Waals surface area contributed by atoms with Gasteiger partial charge in [0.1, 0.15) is 0 Å². The summed E-state index contributed by atoms with van der Waals surface area (Å²) in [6.07, 6.45) is 0. The minimum absolute atomic E-state index is 0.00839. The number of carbonyl (C=O) groups excluding carboxylic acids is 2. The molecule has 4 rings (SSSR count). The Kier molecular flexibility index (Phi) is 5.54. The van der Waals surface area contributed by atoms with Crippen LogP contribution in [0.2, 0.25) is 10.0 Å². The van der Waals surface area contributed by atoms with Crippen molar-refractivity contribution >= 4 is 57.1 Å². The van der Waals surface area contributed by atoms with Crippen LogP contribution in [0.4, 0.5) is 0 Å². The Labute approximate surface area is 183 Å². The molecule has 0 radical (unpaired) electrons. The van der Waals surface area contributed by atoms with Gasteiger partial charge < -0.3 is 0 Å². The number of nitrogens with one attached hydrogen (secondary N) is 3. The molecule has 2 aromatic carbocycles.